The van der Waals surface area contributed by atoms with Gasteiger partial charge in [-0.15, -0.1) is 0 Å². The number of hydrogen-bond acceptors (Lipinski definition) is 6. The molecule has 3 atom stereocenters. The highest BCUT2D eigenvalue weighted by atomic mass is 16.4. The molecule has 0 rings (SSSR count). The summed E-state index contributed by atoms with van der Waals surface area (Å²) in [6, 6.07) is -3.73. The van der Waals surface area contributed by atoms with Gasteiger partial charge in [-0.3, -0.25) is 19.2 Å². The van der Waals surface area contributed by atoms with E-state index < -0.39 is 60.7 Å². The Morgan fingerprint density at radius 2 is 1.23 bits per heavy atom. The molecule has 0 radical (unpaired) electrons. The van der Waals surface area contributed by atoms with Gasteiger partial charge in [0.1, 0.15) is 12.1 Å². The first kappa shape index (κ1) is 23.3. The molecule has 0 aromatic rings. The maximum absolute atomic E-state index is 12.3. The Balaban J connectivity index is 5.11. The van der Waals surface area contributed by atoms with Crippen molar-refractivity contribution in [3.05, 3.63) is 0 Å². The highest BCUT2D eigenvalue weighted by molar-refractivity contribution is 5.92. The zero-order valence-corrected chi connectivity index (χ0v) is 14.6. The van der Waals surface area contributed by atoms with Crippen LogP contribution >= 0.6 is 0 Å². The molecule has 0 bridgehead atoms. The summed E-state index contributed by atoms with van der Waals surface area (Å²) in [5.41, 5.74) is 5.68. The first-order valence-electron chi connectivity index (χ1n) is 7.98. The van der Waals surface area contributed by atoms with E-state index in [9.17, 15) is 24.0 Å². The lowest BCUT2D eigenvalue weighted by Gasteiger charge is -2.23. The zero-order chi connectivity index (χ0) is 20.4. The van der Waals surface area contributed by atoms with Gasteiger partial charge < -0.3 is 31.7 Å². The first-order chi connectivity index (χ1) is 12.0. The number of nitrogens with two attached hydrogens (primary N) is 1. The van der Waals surface area contributed by atoms with E-state index in [1.807, 2.05) is 0 Å². The van der Waals surface area contributed by atoms with Crippen LogP contribution in [0.5, 0.6) is 0 Å². The largest absolute Gasteiger partial charge is 0.481 e. The Labute approximate surface area is 149 Å². The van der Waals surface area contributed by atoms with Crippen LogP contribution in [0.2, 0.25) is 0 Å². The Bertz CT molecular complexity index is 549. The molecule has 7 N–H and O–H groups in total. The average molecular weight is 375 g/mol. The summed E-state index contributed by atoms with van der Waals surface area (Å²) in [4.78, 5) is 56.7. The molecule has 0 saturated heterocycles. The van der Waals surface area contributed by atoms with Crippen LogP contribution < -0.4 is 16.4 Å². The van der Waals surface area contributed by atoms with E-state index in [-0.39, 0.29) is 18.8 Å². The molecule has 0 saturated carbocycles. The van der Waals surface area contributed by atoms with Crippen LogP contribution in [0.1, 0.15) is 39.5 Å². The molecule has 0 spiro atoms. The molecule has 2 amide bonds. The van der Waals surface area contributed by atoms with Crippen LogP contribution in [-0.4, -0.2) is 63.2 Å². The number of carbonyl (C=O) groups is 5. The van der Waals surface area contributed by atoms with Crippen molar-refractivity contribution in [2.45, 2.75) is 57.7 Å². The maximum Gasteiger partial charge on any atom is 0.326 e. The van der Waals surface area contributed by atoms with Crippen LogP contribution in [0.3, 0.4) is 0 Å². The van der Waals surface area contributed by atoms with Crippen LogP contribution in [-0.2, 0) is 24.0 Å². The van der Waals surface area contributed by atoms with Gasteiger partial charge in [0, 0.05) is 12.8 Å². The molecule has 0 fully saturated rings. The second-order valence-electron chi connectivity index (χ2n) is 6.10. The van der Waals surface area contributed by atoms with Gasteiger partial charge in [0.25, 0.3) is 0 Å². The summed E-state index contributed by atoms with van der Waals surface area (Å²) in [6.07, 6.45) is -1.56. The monoisotopic (exact) mass is 375 g/mol. The minimum atomic E-state index is -1.48. The Morgan fingerprint density at radius 3 is 1.62 bits per heavy atom. The van der Waals surface area contributed by atoms with E-state index in [2.05, 4.69) is 10.6 Å². The number of carboxylic acid groups (broad SMARTS) is 3. The third kappa shape index (κ3) is 8.97. The van der Waals surface area contributed by atoms with E-state index >= 15 is 0 Å². The van der Waals surface area contributed by atoms with Crippen molar-refractivity contribution in [2.24, 2.45) is 11.7 Å². The van der Waals surface area contributed by atoms with Crippen molar-refractivity contribution in [3.8, 4) is 0 Å². The van der Waals surface area contributed by atoms with Gasteiger partial charge in [0.15, 0.2) is 0 Å². The summed E-state index contributed by atoms with van der Waals surface area (Å²) in [7, 11) is 0. The average Bonchev–Trinajstić information content (AvgIpc) is 2.53. The summed E-state index contributed by atoms with van der Waals surface area (Å²) < 4.78 is 0. The van der Waals surface area contributed by atoms with Crippen molar-refractivity contribution in [1.82, 2.24) is 10.6 Å². The maximum atomic E-state index is 12.3. The van der Waals surface area contributed by atoms with Gasteiger partial charge in [-0.05, 0) is 18.8 Å². The van der Waals surface area contributed by atoms with E-state index in [1.165, 1.54) is 0 Å². The number of nitrogens with one attached hydrogen (secondary N) is 2. The van der Waals surface area contributed by atoms with E-state index in [0.29, 0.717) is 0 Å². The highest BCUT2D eigenvalue weighted by Gasteiger charge is 2.29. The molecular formula is C15H25N3O8. The normalized spacial score (nSPS) is 14.2. The quantitative estimate of drug-likeness (QED) is 0.241. The molecule has 0 aromatic heterocycles. The SMILES string of the molecule is CC(C)[C@H](N)C(=O)N[C@@H](CCC(=O)O)C(=O)N[C@@H](CCC(=O)O)C(=O)O. The third-order valence-electron chi connectivity index (χ3n) is 3.56. The molecular weight excluding hydrogens is 350 g/mol. The predicted molar refractivity (Wildman–Crippen MR) is 88.1 cm³/mol. The number of hydrogen-bond donors (Lipinski definition) is 6. The van der Waals surface area contributed by atoms with Gasteiger partial charge in [0.2, 0.25) is 11.8 Å². The summed E-state index contributed by atoms with van der Waals surface area (Å²) in [5.74, 6) is -5.71. The fraction of sp³-hybridized carbons (Fsp3) is 0.667. The Kier molecular flexibility index (Phi) is 9.89. The highest BCUT2D eigenvalue weighted by Crippen LogP contribution is 2.05. The number of amides is 2. The minimum absolute atomic E-state index is 0.236. The van der Waals surface area contributed by atoms with Crippen molar-refractivity contribution in [2.75, 3.05) is 0 Å². The van der Waals surface area contributed by atoms with Crippen LogP contribution in [0.15, 0.2) is 0 Å². The van der Waals surface area contributed by atoms with Gasteiger partial charge in [-0.2, -0.15) is 0 Å². The molecule has 11 heteroatoms. The summed E-state index contributed by atoms with van der Waals surface area (Å²) in [5, 5.41) is 30.9. The van der Waals surface area contributed by atoms with E-state index in [1.54, 1.807) is 13.8 Å². The van der Waals surface area contributed by atoms with Gasteiger partial charge in [0.05, 0.1) is 6.04 Å². The number of carboxylic acids is 3. The molecule has 0 unspecified atom stereocenters. The van der Waals surface area contributed by atoms with E-state index in [0.717, 1.165) is 0 Å². The number of rotatable bonds is 12. The van der Waals surface area contributed by atoms with Crippen LogP contribution in [0.4, 0.5) is 0 Å². The van der Waals surface area contributed by atoms with Crippen LogP contribution in [0, 0.1) is 5.92 Å². The Morgan fingerprint density at radius 1 is 0.808 bits per heavy atom. The number of carbonyl (C=O) groups excluding carboxylic acids is 2. The molecule has 26 heavy (non-hydrogen) atoms. The fourth-order valence-electron chi connectivity index (χ4n) is 1.90. The summed E-state index contributed by atoms with van der Waals surface area (Å²) >= 11 is 0. The van der Waals surface area contributed by atoms with Gasteiger partial charge >= 0.3 is 17.9 Å². The van der Waals surface area contributed by atoms with Gasteiger partial charge in [-0.1, -0.05) is 13.8 Å². The lowest BCUT2D eigenvalue weighted by molar-refractivity contribution is -0.144. The van der Waals surface area contributed by atoms with Gasteiger partial charge in [-0.25, -0.2) is 4.79 Å². The topological polar surface area (TPSA) is 196 Å². The van der Waals surface area contributed by atoms with Crippen molar-refractivity contribution < 1.29 is 39.3 Å². The first-order valence-corrected chi connectivity index (χ1v) is 7.98. The molecule has 0 heterocycles. The standard InChI is InChI=1S/C15H25N3O8/c1-7(2)12(16)14(24)17-8(3-5-10(19)20)13(23)18-9(15(25)26)4-6-11(21)22/h7-9,12H,3-6,16H2,1-2H3,(H,17,24)(H,18,23)(H,19,20)(H,21,22)(H,25,26)/t8-,9-,12-/m0/s1. The minimum Gasteiger partial charge on any atom is -0.481 e. The second kappa shape index (κ2) is 11.0. The molecule has 0 aliphatic rings. The molecule has 0 aliphatic carbocycles. The van der Waals surface area contributed by atoms with E-state index in [4.69, 9.17) is 21.1 Å². The number of aliphatic carboxylic acids is 3. The lowest BCUT2D eigenvalue weighted by atomic mass is 10.0. The van der Waals surface area contributed by atoms with Crippen molar-refractivity contribution in [3.63, 3.8) is 0 Å². The smallest absolute Gasteiger partial charge is 0.326 e. The fourth-order valence-corrected chi connectivity index (χ4v) is 1.90. The molecule has 148 valence electrons. The zero-order valence-electron chi connectivity index (χ0n) is 14.6. The van der Waals surface area contributed by atoms with Crippen LogP contribution in [0.25, 0.3) is 0 Å². The molecule has 11 nitrogen and oxygen atoms in total. The summed E-state index contributed by atoms with van der Waals surface area (Å²) in [6.45, 7) is 3.37. The molecule has 0 aromatic carbocycles. The second-order valence-corrected chi connectivity index (χ2v) is 6.10. The van der Waals surface area contributed by atoms with Crippen molar-refractivity contribution in [1.29, 1.82) is 0 Å². The predicted octanol–water partition coefficient (Wildman–Crippen LogP) is -1.25. The lowest BCUT2D eigenvalue weighted by Crippen LogP contribution is -2.55. The Hall–Kier alpha value is -2.69. The molecule has 0 aliphatic heterocycles. The van der Waals surface area contributed by atoms with Crippen molar-refractivity contribution >= 4 is 29.7 Å². The third-order valence-corrected chi connectivity index (χ3v) is 3.56.